The van der Waals surface area contributed by atoms with Crippen molar-refractivity contribution in [2.24, 2.45) is 5.73 Å². The van der Waals surface area contributed by atoms with E-state index >= 15 is 0 Å². The number of piperidine rings is 2. The summed E-state index contributed by atoms with van der Waals surface area (Å²) in [5.74, 6) is 1.10. The van der Waals surface area contributed by atoms with E-state index in [0.717, 1.165) is 62.8 Å². The van der Waals surface area contributed by atoms with Crippen molar-refractivity contribution in [3.8, 4) is 5.75 Å². The maximum atomic E-state index is 12.3. The first-order valence-electron chi connectivity index (χ1n) is 15.0. The van der Waals surface area contributed by atoms with Crippen LogP contribution in [0.2, 0.25) is 0 Å². The van der Waals surface area contributed by atoms with Crippen molar-refractivity contribution in [3.63, 3.8) is 0 Å². The molecule has 41 heavy (non-hydrogen) atoms. The number of nitrogens with one attached hydrogen (secondary N) is 2. The molecule has 2 aliphatic heterocycles. The molecule has 11 nitrogen and oxygen atoms in total. The number of rotatable bonds is 8. The maximum absolute atomic E-state index is 12.3. The van der Waals surface area contributed by atoms with E-state index in [0.29, 0.717) is 11.6 Å². The van der Waals surface area contributed by atoms with Crippen molar-refractivity contribution in [2.75, 3.05) is 43.9 Å². The number of ether oxygens (including phenoxy) is 1. The largest absolute Gasteiger partial charge is 0.490 e. The summed E-state index contributed by atoms with van der Waals surface area (Å²) in [6.45, 7) is 5.05. The lowest BCUT2D eigenvalue weighted by Gasteiger charge is -2.40. The van der Waals surface area contributed by atoms with E-state index in [9.17, 15) is 9.59 Å². The Morgan fingerprint density at radius 2 is 1.71 bits per heavy atom. The number of aromatic nitrogens is 2. The highest BCUT2D eigenvalue weighted by atomic mass is 16.5. The first-order chi connectivity index (χ1) is 19.8. The van der Waals surface area contributed by atoms with Gasteiger partial charge in [-0.2, -0.15) is 0 Å². The lowest BCUT2D eigenvalue weighted by molar-refractivity contribution is 0.0768. The molecular weight excluding hydrogens is 520 g/mol. The number of benzene rings is 1. The van der Waals surface area contributed by atoms with Crippen LogP contribution in [-0.2, 0) is 0 Å². The Labute approximate surface area is 242 Å². The van der Waals surface area contributed by atoms with Crippen LogP contribution in [-0.4, -0.2) is 89.7 Å². The monoisotopic (exact) mass is 564 g/mol. The molecule has 1 aromatic heterocycles. The summed E-state index contributed by atoms with van der Waals surface area (Å²) >= 11 is 0. The molecule has 222 valence electrons. The molecule has 4 N–H and O–H groups in total. The minimum Gasteiger partial charge on any atom is -0.490 e. The van der Waals surface area contributed by atoms with Crippen LogP contribution in [0.25, 0.3) is 0 Å². The van der Waals surface area contributed by atoms with Crippen LogP contribution in [0.5, 0.6) is 5.75 Å². The first kappa shape index (κ1) is 28.9. The van der Waals surface area contributed by atoms with E-state index < -0.39 is 5.91 Å². The second-order valence-corrected chi connectivity index (χ2v) is 11.8. The Hall–Kier alpha value is -3.60. The molecule has 1 aromatic carbocycles. The predicted octanol–water partition coefficient (Wildman–Crippen LogP) is 3.73. The van der Waals surface area contributed by atoms with E-state index in [2.05, 4.69) is 32.3 Å². The molecule has 2 saturated heterocycles. The number of nitrogens with two attached hydrogens (primary N) is 1. The topological polar surface area (TPSA) is 129 Å². The van der Waals surface area contributed by atoms with Crippen molar-refractivity contribution in [1.29, 1.82) is 0 Å². The number of likely N-dealkylation sites (tertiary alicyclic amines) is 1. The number of urea groups is 1. The van der Waals surface area contributed by atoms with Crippen LogP contribution in [0, 0.1) is 0 Å². The van der Waals surface area contributed by atoms with Crippen molar-refractivity contribution in [3.05, 3.63) is 36.2 Å². The lowest BCUT2D eigenvalue weighted by atomic mass is 9.97. The zero-order valence-corrected chi connectivity index (χ0v) is 24.5. The molecule has 5 rings (SSSR count). The number of primary amides is 1. The number of carbonyl (C=O) groups excluding carboxylic acids is 2. The summed E-state index contributed by atoms with van der Waals surface area (Å²) in [7, 11) is 3.46. The van der Waals surface area contributed by atoms with E-state index in [4.69, 9.17) is 15.5 Å². The molecule has 0 spiro atoms. The van der Waals surface area contributed by atoms with Crippen molar-refractivity contribution in [1.82, 2.24) is 25.1 Å². The van der Waals surface area contributed by atoms with Gasteiger partial charge in [-0.25, -0.2) is 14.8 Å². The second-order valence-electron chi connectivity index (χ2n) is 11.8. The van der Waals surface area contributed by atoms with Gasteiger partial charge in [0.05, 0.1) is 12.2 Å². The number of carbonyl (C=O) groups is 2. The summed E-state index contributed by atoms with van der Waals surface area (Å²) in [4.78, 5) is 39.9. The van der Waals surface area contributed by atoms with Crippen LogP contribution in [0.4, 0.5) is 22.1 Å². The van der Waals surface area contributed by atoms with Crippen LogP contribution in [0.15, 0.2) is 30.5 Å². The molecule has 3 aliphatic rings. The van der Waals surface area contributed by atoms with Crippen molar-refractivity contribution < 1.29 is 14.3 Å². The molecule has 3 amide bonds. The third-order valence-electron chi connectivity index (χ3n) is 8.73. The molecule has 0 bridgehead atoms. The number of anilines is 3. The molecule has 2 aromatic rings. The van der Waals surface area contributed by atoms with Crippen LogP contribution < -0.4 is 26.0 Å². The third-order valence-corrected chi connectivity index (χ3v) is 8.73. The quantitative estimate of drug-likeness (QED) is 0.442. The lowest BCUT2D eigenvalue weighted by Crippen LogP contribution is -2.56. The average molecular weight is 565 g/mol. The van der Waals surface area contributed by atoms with Gasteiger partial charge in [0.15, 0.2) is 11.5 Å². The summed E-state index contributed by atoms with van der Waals surface area (Å²) in [5.41, 5.74) is 6.47. The van der Waals surface area contributed by atoms with Gasteiger partial charge < -0.3 is 35.8 Å². The predicted molar refractivity (Wildman–Crippen MR) is 160 cm³/mol. The number of hydrogen-bond donors (Lipinski definition) is 3. The first-order valence-corrected chi connectivity index (χ1v) is 15.0. The number of nitrogens with zero attached hydrogens (tertiary/aromatic N) is 5. The second kappa shape index (κ2) is 12.9. The molecule has 1 aliphatic carbocycles. The summed E-state index contributed by atoms with van der Waals surface area (Å²) in [6, 6.07) is 8.33. The van der Waals surface area contributed by atoms with Gasteiger partial charge in [0, 0.05) is 51.5 Å². The Bertz CT molecular complexity index is 1190. The van der Waals surface area contributed by atoms with Crippen molar-refractivity contribution >= 4 is 29.3 Å². The third kappa shape index (κ3) is 7.01. The number of hydrogen-bond acceptors (Lipinski definition) is 8. The molecule has 11 heteroatoms. The normalized spacial score (nSPS) is 22.4. The number of amides is 3. The summed E-state index contributed by atoms with van der Waals surface area (Å²) < 4.78 is 6.30. The molecular formula is C30H44N8O3. The Balaban J connectivity index is 1.23. The zero-order chi connectivity index (χ0) is 28.9. The SMILES string of the molecule is C[C@@H]1[C@H](NC(=O)N(C)C)CCCN1c1cnc(C(N)=O)c(Nc2ccc(OC3CCN(C4CCCC4)CC3)cc2)n1. The van der Waals surface area contributed by atoms with Gasteiger partial charge in [-0.05, 0) is 69.7 Å². The van der Waals surface area contributed by atoms with E-state index in [-0.39, 0.29) is 29.9 Å². The highest BCUT2D eigenvalue weighted by Crippen LogP contribution is 2.29. The van der Waals surface area contributed by atoms with E-state index in [1.165, 1.54) is 30.6 Å². The fraction of sp³-hybridized carbons (Fsp3) is 0.600. The molecule has 3 heterocycles. The molecule has 3 fully saturated rings. The Morgan fingerprint density at radius 3 is 2.37 bits per heavy atom. The zero-order valence-electron chi connectivity index (χ0n) is 24.5. The molecule has 2 atom stereocenters. The molecule has 0 radical (unpaired) electrons. The Kier molecular flexibility index (Phi) is 9.12. The average Bonchev–Trinajstić information content (AvgIpc) is 3.51. The van der Waals surface area contributed by atoms with Gasteiger partial charge in [-0.3, -0.25) is 4.79 Å². The van der Waals surface area contributed by atoms with E-state index in [1.54, 1.807) is 20.3 Å². The van der Waals surface area contributed by atoms with Crippen LogP contribution in [0.3, 0.4) is 0 Å². The van der Waals surface area contributed by atoms with Gasteiger partial charge in [0.1, 0.15) is 17.7 Å². The summed E-state index contributed by atoms with van der Waals surface area (Å²) in [5, 5.41) is 6.33. The van der Waals surface area contributed by atoms with Crippen LogP contribution >= 0.6 is 0 Å². The molecule has 0 unspecified atom stereocenters. The fourth-order valence-electron chi connectivity index (χ4n) is 6.31. The smallest absolute Gasteiger partial charge is 0.317 e. The van der Waals surface area contributed by atoms with E-state index in [1.807, 2.05) is 24.3 Å². The summed E-state index contributed by atoms with van der Waals surface area (Å²) in [6.07, 6.45) is 11.1. The standard InChI is InChI=1S/C30H44N8O3/c1-20-25(34-30(40)36(2)3)9-6-16-38(20)26-19-32-27(28(31)39)29(35-26)33-21-10-12-23(13-11-21)41-24-14-17-37(18-15-24)22-7-4-5-8-22/h10-13,19-20,22,24-25H,4-9,14-18H2,1-3H3,(H2,31,39)(H,33,35)(H,34,40)/t20-,25-/m1/s1. The molecule has 1 saturated carbocycles. The minimum absolute atomic E-state index is 0.00399. The highest BCUT2D eigenvalue weighted by molar-refractivity contribution is 5.96. The highest BCUT2D eigenvalue weighted by Gasteiger charge is 2.31. The van der Waals surface area contributed by atoms with Gasteiger partial charge in [0.2, 0.25) is 0 Å². The van der Waals surface area contributed by atoms with Gasteiger partial charge >= 0.3 is 6.03 Å². The van der Waals surface area contributed by atoms with Gasteiger partial charge in [0.25, 0.3) is 5.91 Å². The van der Waals surface area contributed by atoms with Crippen LogP contribution in [0.1, 0.15) is 68.8 Å². The fourth-order valence-corrected chi connectivity index (χ4v) is 6.31. The van der Waals surface area contributed by atoms with Gasteiger partial charge in [-0.1, -0.05) is 12.8 Å². The maximum Gasteiger partial charge on any atom is 0.317 e. The van der Waals surface area contributed by atoms with Crippen molar-refractivity contribution in [2.45, 2.75) is 82.5 Å². The Morgan fingerprint density at radius 1 is 1.00 bits per heavy atom. The van der Waals surface area contributed by atoms with Gasteiger partial charge in [-0.15, -0.1) is 0 Å². The minimum atomic E-state index is -0.654.